The van der Waals surface area contributed by atoms with Gasteiger partial charge < -0.3 is 10.2 Å². The highest BCUT2D eigenvalue weighted by molar-refractivity contribution is 6.09. The SMILES string of the molecule is CCCN(Cc1ccc(C)cc1)C(=O)CN1C(=O)N[C@@](CC)(c2ccc(F)cc2)C1=O. The number of halogens is 1. The highest BCUT2D eigenvalue weighted by Crippen LogP contribution is 2.32. The summed E-state index contributed by atoms with van der Waals surface area (Å²) in [6.45, 7) is 6.34. The first-order chi connectivity index (χ1) is 14.8. The highest BCUT2D eigenvalue weighted by atomic mass is 19.1. The van der Waals surface area contributed by atoms with Gasteiger partial charge in [-0.25, -0.2) is 9.18 Å². The minimum absolute atomic E-state index is 0.288. The number of benzene rings is 2. The molecule has 3 rings (SSSR count). The van der Waals surface area contributed by atoms with E-state index in [0.717, 1.165) is 22.4 Å². The Kier molecular flexibility index (Phi) is 6.73. The molecule has 0 bridgehead atoms. The molecule has 7 heteroatoms. The van der Waals surface area contributed by atoms with Crippen molar-refractivity contribution in [2.45, 2.75) is 45.7 Å². The van der Waals surface area contributed by atoms with E-state index in [-0.39, 0.29) is 18.9 Å². The molecular formula is C24H28FN3O3. The van der Waals surface area contributed by atoms with Crippen LogP contribution in [0.4, 0.5) is 9.18 Å². The fraction of sp³-hybridized carbons (Fsp3) is 0.375. The maximum Gasteiger partial charge on any atom is 0.325 e. The molecular weight excluding hydrogens is 397 g/mol. The highest BCUT2D eigenvalue weighted by Gasteiger charge is 2.51. The second-order valence-corrected chi connectivity index (χ2v) is 7.89. The number of rotatable bonds is 8. The Hall–Kier alpha value is -3.22. The van der Waals surface area contributed by atoms with Gasteiger partial charge in [0.15, 0.2) is 0 Å². The van der Waals surface area contributed by atoms with Crippen molar-refractivity contribution in [3.8, 4) is 0 Å². The molecule has 1 fully saturated rings. The Balaban J connectivity index is 1.78. The number of nitrogens with zero attached hydrogens (tertiary/aromatic N) is 2. The lowest BCUT2D eigenvalue weighted by atomic mass is 9.87. The van der Waals surface area contributed by atoms with Crippen molar-refractivity contribution in [3.63, 3.8) is 0 Å². The molecule has 2 aromatic carbocycles. The summed E-state index contributed by atoms with van der Waals surface area (Å²) in [5.41, 5.74) is 1.32. The van der Waals surface area contributed by atoms with Gasteiger partial charge in [0.2, 0.25) is 5.91 Å². The number of hydrogen-bond donors (Lipinski definition) is 1. The number of urea groups is 1. The number of nitrogens with one attached hydrogen (secondary N) is 1. The molecule has 0 spiro atoms. The molecule has 1 atom stereocenters. The largest absolute Gasteiger partial charge is 0.337 e. The quantitative estimate of drug-likeness (QED) is 0.655. The fourth-order valence-electron chi connectivity index (χ4n) is 3.85. The normalized spacial score (nSPS) is 18.3. The molecule has 1 saturated heterocycles. The zero-order valence-corrected chi connectivity index (χ0v) is 18.2. The Morgan fingerprint density at radius 1 is 1.06 bits per heavy atom. The zero-order chi connectivity index (χ0) is 22.6. The van der Waals surface area contributed by atoms with Gasteiger partial charge in [0.1, 0.15) is 17.9 Å². The second kappa shape index (κ2) is 9.29. The monoisotopic (exact) mass is 425 g/mol. The summed E-state index contributed by atoms with van der Waals surface area (Å²) in [4.78, 5) is 41.6. The molecule has 0 radical (unpaired) electrons. The number of amides is 4. The lowest BCUT2D eigenvalue weighted by Gasteiger charge is -2.27. The first kappa shape index (κ1) is 22.5. The van der Waals surface area contributed by atoms with E-state index in [1.165, 1.54) is 24.3 Å². The van der Waals surface area contributed by atoms with Crippen LogP contribution in [0.25, 0.3) is 0 Å². The van der Waals surface area contributed by atoms with Crippen molar-refractivity contribution in [3.05, 3.63) is 71.0 Å². The number of carbonyl (C=O) groups excluding carboxylic acids is 3. The van der Waals surface area contributed by atoms with E-state index in [2.05, 4.69) is 5.32 Å². The van der Waals surface area contributed by atoms with E-state index >= 15 is 0 Å². The average molecular weight is 426 g/mol. The maximum atomic E-state index is 13.4. The number of aryl methyl sites for hydroxylation is 1. The molecule has 1 aliphatic heterocycles. The molecule has 0 aromatic heterocycles. The number of hydrogen-bond acceptors (Lipinski definition) is 3. The lowest BCUT2D eigenvalue weighted by Crippen LogP contribution is -2.45. The van der Waals surface area contributed by atoms with Crippen molar-refractivity contribution in [2.75, 3.05) is 13.1 Å². The van der Waals surface area contributed by atoms with Gasteiger partial charge in [-0.2, -0.15) is 0 Å². The first-order valence-corrected chi connectivity index (χ1v) is 10.5. The lowest BCUT2D eigenvalue weighted by molar-refractivity contribution is -0.139. The van der Waals surface area contributed by atoms with Crippen LogP contribution in [0.1, 0.15) is 43.4 Å². The van der Waals surface area contributed by atoms with E-state index in [0.29, 0.717) is 18.7 Å². The molecule has 1 heterocycles. The van der Waals surface area contributed by atoms with E-state index in [1.54, 1.807) is 11.8 Å². The van der Waals surface area contributed by atoms with Crippen LogP contribution >= 0.6 is 0 Å². The topological polar surface area (TPSA) is 69.7 Å². The predicted molar refractivity (Wildman–Crippen MR) is 116 cm³/mol. The van der Waals surface area contributed by atoms with Gasteiger partial charge >= 0.3 is 6.03 Å². The van der Waals surface area contributed by atoms with Gasteiger partial charge in [0.05, 0.1) is 0 Å². The molecule has 0 saturated carbocycles. The Labute approximate surface area is 182 Å². The third kappa shape index (κ3) is 4.60. The van der Waals surface area contributed by atoms with Crippen LogP contribution in [-0.4, -0.2) is 40.7 Å². The molecule has 0 unspecified atom stereocenters. The van der Waals surface area contributed by atoms with E-state index < -0.39 is 23.3 Å². The Morgan fingerprint density at radius 2 is 1.71 bits per heavy atom. The minimum atomic E-state index is -1.29. The van der Waals surface area contributed by atoms with Crippen LogP contribution in [0, 0.1) is 12.7 Å². The summed E-state index contributed by atoms with van der Waals surface area (Å²) in [7, 11) is 0. The summed E-state index contributed by atoms with van der Waals surface area (Å²) < 4.78 is 13.4. The van der Waals surface area contributed by atoms with Crippen LogP contribution in [0.15, 0.2) is 48.5 Å². The van der Waals surface area contributed by atoms with Gasteiger partial charge in [-0.05, 0) is 43.0 Å². The van der Waals surface area contributed by atoms with Crippen molar-refractivity contribution >= 4 is 17.8 Å². The molecule has 4 amide bonds. The maximum absolute atomic E-state index is 13.4. The van der Waals surface area contributed by atoms with Crippen LogP contribution in [0.3, 0.4) is 0 Å². The molecule has 6 nitrogen and oxygen atoms in total. The third-order valence-electron chi connectivity index (χ3n) is 5.68. The summed E-state index contributed by atoms with van der Waals surface area (Å²) in [6.07, 6.45) is 1.04. The molecule has 1 aliphatic rings. The van der Waals surface area contributed by atoms with Gasteiger partial charge in [0.25, 0.3) is 5.91 Å². The summed E-state index contributed by atoms with van der Waals surface area (Å²) in [6, 6.07) is 12.8. The van der Waals surface area contributed by atoms with Gasteiger partial charge in [-0.3, -0.25) is 14.5 Å². The molecule has 0 aliphatic carbocycles. The smallest absolute Gasteiger partial charge is 0.325 e. The Morgan fingerprint density at radius 3 is 2.29 bits per heavy atom. The van der Waals surface area contributed by atoms with Crippen LogP contribution in [0.5, 0.6) is 0 Å². The first-order valence-electron chi connectivity index (χ1n) is 10.5. The second-order valence-electron chi connectivity index (χ2n) is 7.89. The zero-order valence-electron chi connectivity index (χ0n) is 18.2. The molecule has 164 valence electrons. The minimum Gasteiger partial charge on any atom is -0.337 e. The predicted octanol–water partition coefficient (Wildman–Crippen LogP) is 3.73. The van der Waals surface area contributed by atoms with Crippen LogP contribution in [-0.2, 0) is 21.7 Å². The van der Waals surface area contributed by atoms with Gasteiger partial charge in [-0.1, -0.05) is 55.8 Å². The standard InChI is InChI=1S/C24H28FN3O3/c1-4-14-27(15-18-8-6-17(3)7-9-18)21(29)16-28-22(30)24(5-2,26-23(28)31)19-10-12-20(25)13-11-19/h6-13H,4-5,14-16H2,1-3H3,(H,26,31)/t24-/m0/s1. The summed E-state index contributed by atoms with van der Waals surface area (Å²) in [5.74, 6) is -1.21. The fourth-order valence-corrected chi connectivity index (χ4v) is 3.85. The molecule has 2 aromatic rings. The van der Waals surface area contributed by atoms with Crippen molar-refractivity contribution in [1.29, 1.82) is 0 Å². The van der Waals surface area contributed by atoms with E-state index in [9.17, 15) is 18.8 Å². The van der Waals surface area contributed by atoms with E-state index in [4.69, 9.17) is 0 Å². The number of imide groups is 1. The van der Waals surface area contributed by atoms with Crippen molar-refractivity contribution in [2.24, 2.45) is 0 Å². The summed E-state index contributed by atoms with van der Waals surface area (Å²) >= 11 is 0. The van der Waals surface area contributed by atoms with Gasteiger partial charge in [0, 0.05) is 13.1 Å². The van der Waals surface area contributed by atoms with Gasteiger partial charge in [-0.15, -0.1) is 0 Å². The average Bonchev–Trinajstić information content (AvgIpc) is 3.00. The molecule has 31 heavy (non-hydrogen) atoms. The van der Waals surface area contributed by atoms with E-state index in [1.807, 2.05) is 38.1 Å². The van der Waals surface area contributed by atoms with Crippen molar-refractivity contribution in [1.82, 2.24) is 15.1 Å². The molecule has 1 N–H and O–H groups in total. The summed E-state index contributed by atoms with van der Waals surface area (Å²) in [5, 5.41) is 2.73. The van der Waals surface area contributed by atoms with Crippen LogP contribution < -0.4 is 5.32 Å². The number of carbonyl (C=O) groups is 3. The van der Waals surface area contributed by atoms with Crippen LogP contribution in [0.2, 0.25) is 0 Å². The van der Waals surface area contributed by atoms with Crippen molar-refractivity contribution < 1.29 is 18.8 Å². The third-order valence-corrected chi connectivity index (χ3v) is 5.68. The Bertz CT molecular complexity index is 959.